The molecule has 2 aromatic heterocycles. The maximum Gasteiger partial charge on any atom is 0.574 e. The molecule has 0 aromatic carbocycles. The lowest BCUT2D eigenvalue weighted by Gasteiger charge is -2.30. The second-order valence-corrected chi connectivity index (χ2v) is 6.80. The van der Waals surface area contributed by atoms with Crippen LogP contribution in [0.3, 0.4) is 0 Å². The van der Waals surface area contributed by atoms with Gasteiger partial charge in [-0.3, -0.25) is 4.90 Å². The van der Waals surface area contributed by atoms with E-state index in [2.05, 4.69) is 24.9 Å². The number of hydrogen-bond acceptors (Lipinski definition) is 7. The van der Waals surface area contributed by atoms with Gasteiger partial charge in [-0.05, 0) is 39.8 Å². The summed E-state index contributed by atoms with van der Waals surface area (Å²) in [5.74, 6) is -0.321. The van der Waals surface area contributed by atoms with Crippen molar-refractivity contribution in [2.45, 2.75) is 52.2 Å². The summed E-state index contributed by atoms with van der Waals surface area (Å²) < 4.78 is 45.8. The normalized spacial score (nSPS) is 13.0. The molecule has 2 rings (SSSR count). The average molecular weight is 399 g/mol. The van der Waals surface area contributed by atoms with Gasteiger partial charge in [0.15, 0.2) is 5.82 Å². The van der Waals surface area contributed by atoms with Gasteiger partial charge >= 0.3 is 12.5 Å². The van der Waals surface area contributed by atoms with Crippen LogP contribution in [0.4, 0.5) is 18.0 Å². The van der Waals surface area contributed by atoms with Gasteiger partial charge in [-0.25, -0.2) is 14.8 Å². The van der Waals surface area contributed by atoms with E-state index in [1.165, 1.54) is 23.4 Å². The first-order valence-corrected chi connectivity index (χ1v) is 8.29. The number of ether oxygens (including phenoxy) is 2. The van der Waals surface area contributed by atoms with E-state index in [0.29, 0.717) is 5.82 Å². The molecule has 1 atom stereocenters. The molecule has 8 nitrogen and oxygen atoms in total. The summed E-state index contributed by atoms with van der Waals surface area (Å²) in [6.45, 7) is 6.78. The number of alkyl halides is 3. The molecule has 1 amide bonds. The standard InChI is InChI=1S/C17H20F3N5O3/c1-11(14-21-8-5-9-22-14)25(15(26)28-16(2,3)4)10-12-6-7-13(24-23-12)27-17(18,19)20/h5-9,11H,10H2,1-4H3. The van der Waals surface area contributed by atoms with Gasteiger partial charge in [0.1, 0.15) is 5.60 Å². The van der Waals surface area contributed by atoms with Crippen molar-refractivity contribution in [3.63, 3.8) is 0 Å². The molecule has 0 aliphatic rings. The van der Waals surface area contributed by atoms with Gasteiger partial charge in [0.2, 0.25) is 5.88 Å². The molecular formula is C17H20F3N5O3. The van der Waals surface area contributed by atoms with Crippen LogP contribution in [0.5, 0.6) is 5.88 Å². The molecule has 0 aliphatic heterocycles. The molecule has 2 heterocycles. The minimum atomic E-state index is -4.86. The Hall–Kier alpha value is -2.98. The topological polar surface area (TPSA) is 90.3 Å². The second kappa shape index (κ2) is 8.36. The molecule has 0 aliphatic carbocycles. The number of carbonyl (C=O) groups is 1. The zero-order chi connectivity index (χ0) is 20.9. The van der Waals surface area contributed by atoms with Crippen LogP contribution in [-0.2, 0) is 11.3 Å². The van der Waals surface area contributed by atoms with Crippen LogP contribution in [-0.4, -0.2) is 43.1 Å². The lowest BCUT2D eigenvalue weighted by molar-refractivity contribution is -0.276. The molecule has 1 unspecified atom stereocenters. The van der Waals surface area contributed by atoms with Crippen molar-refractivity contribution < 1.29 is 27.4 Å². The Morgan fingerprint density at radius 1 is 1.14 bits per heavy atom. The molecule has 0 fully saturated rings. The monoisotopic (exact) mass is 399 g/mol. The molecule has 2 aromatic rings. The highest BCUT2D eigenvalue weighted by Crippen LogP contribution is 2.23. The Morgan fingerprint density at radius 3 is 2.29 bits per heavy atom. The number of aromatic nitrogens is 4. The summed E-state index contributed by atoms with van der Waals surface area (Å²) in [5, 5.41) is 7.07. The molecule has 0 N–H and O–H groups in total. The number of carbonyl (C=O) groups excluding carboxylic acids is 1. The number of amides is 1. The summed E-state index contributed by atoms with van der Waals surface area (Å²) in [4.78, 5) is 22.2. The van der Waals surface area contributed by atoms with Crippen LogP contribution in [0.2, 0.25) is 0 Å². The molecule has 0 radical (unpaired) electrons. The van der Waals surface area contributed by atoms with E-state index in [0.717, 1.165) is 6.07 Å². The van der Waals surface area contributed by atoms with E-state index in [1.54, 1.807) is 33.8 Å². The molecule has 0 saturated carbocycles. The lowest BCUT2D eigenvalue weighted by Crippen LogP contribution is -2.38. The molecule has 152 valence electrons. The Morgan fingerprint density at radius 2 is 1.79 bits per heavy atom. The predicted octanol–water partition coefficient (Wildman–Crippen LogP) is 3.66. The van der Waals surface area contributed by atoms with Gasteiger partial charge in [-0.2, -0.15) is 0 Å². The Bertz CT molecular complexity index is 779. The quantitative estimate of drug-likeness (QED) is 0.758. The van der Waals surface area contributed by atoms with Crippen molar-refractivity contribution in [1.82, 2.24) is 25.1 Å². The van der Waals surface area contributed by atoms with Crippen LogP contribution in [0, 0.1) is 0 Å². The van der Waals surface area contributed by atoms with Crippen molar-refractivity contribution in [2.75, 3.05) is 0 Å². The molecule has 0 spiro atoms. The van der Waals surface area contributed by atoms with Gasteiger partial charge in [0.25, 0.3) is 0 Å². The first-order chi connectivity index (χ1) is 12.9. The largest absolute Gasteiger partial charge is 0.574 e. The molecule has 0 saturated heterocycles. The lowest BCUT2D eigenvalue weighted by atomic mass is 10.2. The average Bonchev–Trinajstić information content (AvgIpc) is 2.58. The van der Waals surface area contributed by atoms with Crippen LogP contribution >= 0.6 is 0 Å². The Labute approximate surface area is 159 Å². The molecule has 28 heavy (non-hydrogen) atoms. The minimum Gasteiger partial charge on any atom is -0.444 e. The van der Waals surface area contributed by atoms with E-state index < -0.39 is 30.0 Å². The van der Waals surface area contributed by atoms with E-state index in [-0.39, 0.29) is 12.2 Å². The highest BCUT2D eigenvalue weighted by atomic mass is 19.4. The van der Waals surface area contributed by atoms with Gasteiger partial charge < -0.3 is 9.47 Å². The van der Waals surface area contributed by atoms with Crippen LogP contribution in [0.1, 0.15) is 45.3 Å². The summed E-state index contributed by atoms with van der Waals surface area (Å²) in [6.07, 6.45) is -2.44. The third-order valence-electron chi connectivity index (χ3n) is 3.30. The van der Waals surface area contributed by atoms with Gasteiger partial charge in [0.05, 0.1) is 18.3 Å². The van der Waals surface area contributed by atoms with Crippen LogP contribution in [0.25, 0.3) is 0 Å². The van der Waals surface area contributed by atoms with E-state index in [9.17, 15) is 18.0 Å². The zero-order valence-electron chi connectivity index (χ0n) is 15.8. The highest BCUT2D eigenvalue weighted by Gasteiger charge is 2.32. The first-order valence-electron chi connectivity index (χ1n) is 8.29. The fourth-order valence-electron chi connectivity index (χ4n) is 2.13. The van der Waals surface area contributed by atoms with Crippen molar-refractivity contribution >= 4 is 6.09 Å². The van der Waals surface area contributed by atoms with E-state index in [4.69, 9.17) is 4.74 Å². The third kappa shape index (κ3) is 6.63. The summed E-state index contributed by atoms with van der Waals surface area (Å²) in [7, 11) is 0. The number of halogens is 3. The van der Waals surface area contributed by atoms with Gasteiger partial charge in [-0.1, -0.05) is 0 Å². The Kier molecular flexibility index (Phi) is 6.37. The zero-order valence-corrected chi connectivity index (χ0v) is 15.8. The molecular weight excluding hydrogens is 379 g/mol. The first kappa shape index (κ1) is 21.3. The summed E-state index contributed by atoms with van der Waals surface area (Å²) in [6, 6.07) is 3.36. The van der Waals surface area contributed by atoms with Crippen LogP contribution < -0.4 is 4.74 Å². The van der Waals surface area contributed by atoms with Crippen molar-refractivity contribution in [3.8, 4) is 5.88 Å². The fourth-order valence-corrected chi connectivity index (χ4v) is 2.13. The molecule has 0 bridgehead atoms. The maximum atomic E-state index is 12.7. The van der Waals surface area contributed by atoms with Crippen molar-refractivity contribution in [3.05, 3.63) is 42.1 Å². The van der Waals surface area contributed by atoms with Gasteiger partial charge in [-0.15, -0.1) is 23.4 Å². The van der Waals surface area contributed by atoms with E-state index >= 15 is 0 Å². The SMILES string of the molecule is CC(c1ncccn1)N(Cc1ccc(OC(F)(F)F)nn1)C(=O)OC(C)(C)C. The third-order valence-corrected chi connectivity index (χ3v) is 3.30. The van der Waals surface area contributed by atoms with Crippen molar-refractivity contribution in [2.24, 2.45) is 0 Å². The summed E-state index contributed by atoms with van der Waals surface area (Å²) >= 11 is 0. The van der Waals surface area contributed by atoms with E-state index in [1.807, 2.05) is 0 Å². The highest BCUT2D eigenvalue weighted by molar-refractivity contribution is 5.68. The number of rotatable bonds is 5. The Balaban J connectivity index is 2.23. The van der Waals surface area contributed by atoms with Crippen LogP contribution in [0.15, 0.2) is 30.6 Å². The summed E-state index contributed by atoms with van der Waals surface area (Å²) in [5.41, 5.74) is -0.508. The number of hydrogen-bond donors (Lipinski definition) is 0. The smallest absolute Gasteiger partial charge is 0.444 e. The fraction of sp³-hybridized carbons (Fsp3) is 0.471. The minimum absolute atomic E-state index is 0.0758. The van der Waals surface area contributed by atoms with Gasteiger partial charge in [0, 0.05) is 18.5 Å². The predicted molar refractivity (Wildman–Crippen MR) is 90.9 cm³/mol. The second-order valence-electron chi connectivity index (χ2n) is 6.80. The maximum absolute atomic E-state index is 12.7. The van der Waals surface area contributed by atoms with Crippen molar-refractivity contribution in [1.29, 1.82) is 0 Å². The molecule has 11 heteroatoms. The number of nitrogens with zero attached hydrogens (tertiary/aromatic N) is 5.